The second-order valence-electron chi connectivity index (χ2n) is 2.87. The zero-order chi connectivity index (χ0) is 10.6. The van der Waals surface area contributed by atoms with Crippen molar-refractivity contribution in [1.29, 1.82) is 0 Å². The molecule has 3 nitrogen and oxygen atoms in total. The van der Waals surface area contributed by atoms with E-state index in [9.17, 15) is 9.00 Å². The summed E-state index contributed by atoms with van der Waals surface area (Å²) in [4.78, 5) is 11.3. The first-order chi connectivity index (χ1) is 6.65. The first-order valence-corrected chi connectivity index (χ1v) is 5.84. The number of rotatable bonds is 3. The van der Waals surface area contributed by atoms with Crippen molar-refractivity contribution in [2.45, 2.75) is 5.75 Å². The van der Waals surface area contributed by atoms with Crippen LogP contribution in [0.4, 0.5) is 0 Å². The second-order valence-corrected chi connectivity index (χ2v) is 4.30. The number of carbonyl (C=O) groups is 1. The van der Waals surface area contributed by atoms with Gasteiger partial charge in [0.15, 0.2) is 0 Å². The number of esters is 1. The molecule has 1 rings (SSSR count). The Morgan fingerprint density at radius 2 is 2.07 bits per heavy atom. The summed E-state index contributed by atoms with van der Waals surface area (Å²) in [5.74, 6) is -0.00306. The van der Waals surface area contributed by atoms with Gasteiger partial charge in [-0.05, 0) is 11.6 Å². The summed E-state index contributed by atoms with van der Waals surface area (Å²) in [6.07, 6.45) is 1.61. The van der Waals surface area contributed by atoms with E-state index >= 15 is 0 Å². The van der Waals surface area contributed by atoms with Crippen molar-refractivity contribution in [3.63, 3.8) is 0 Å². The van der Waals surface area contributed by atoms with Crippen LogP contribution in [0.1, 0.15) is 15.9 Å². The van der Waals surface area contributed by atoms with Gasteiger partial charge < -0.3 is 4.74 Å². The fourth-order valence-corrected chi connectivity index (χ4v) is 1.86. The predicted molar refractivity (Wildman–Crippen MR) is 55.6 cm³/mol. The molecule has 0 heterocycles. The zero-order valence-electron chi connectivity index (χ0n) is 8.15. The van der Waals surface area contributed by atoms with Gasteiger partial charge in [0.1, 0.15) is 0 Å². The highest BCUT2D eigenvalue weighted by Crippen LogP contribution is 2.11. The summed E-state index contributed by atoms with van der Waals surface area (Å²) >= 11 is 0. The van der Waals surface area contributed by atoms with Crippen LogP contribution in [0.5, 0.6) is 0 Å². The highest BCUT2D eigenvalue weighted by molar-refractivity contribution is 7.83. The molecule has 1 unspecified atom stereocenters. The summed E-state index contributed by atoms with van der Waals surface area (Å²) in [7, 11) is 0.382. The van der Waals surface area contributed by atoms with Crippen LogP contribution >= 0.6 is 0 Å². The first kappa shape index (κ1) is 10.9. The molecule has 0 saturated carbocycles. The maximum Gasteiger partial charge on any atom is 0.338 e. The Bertz CT molecular complexity index is 360. The van der Waals surface area contributed by atoms with Gasteiger partial charge in [0.2, 0.25) is 0 Å². The molecule has 0 N–H and O–H groups in total. The van der Waals surface area contributed by atoms with E-state index in [2.05, 4.69) is 4.74 Å². The lowest BCUT2D eigenvalue weighted by atomic mass is 10.1. The first-order valence-electron chi connectivity index (χ1n) is 4.11. The van der Waals surface area contributed by atoms with Crippen molar-refractivity contribution in [2.75, 3.05) is 13.4 Å². The molecular formula is C10H12O3S. The lowest BCUT2D eigenvalue weighted by molar-refractivity contribution is 0.0600. The summed E-state index contributed by atoms with van der Waals surface area (Å²) in [5, 5.41) is 0. The van der Waals surface area contributed by atoms with E-state index in [1.54, 1.807) is 24.5 Å². The van der Waals surface area contributed by atoms with E-state index in [-0.39, 0.29) is 5.97 Å². The maximum atomic E-state index is 11.3. The SMILES string of the molecule is COC(=O)c1ccccc1CS(C)=O. The van der Waals surface area contributed by atoms with E-state index < -0.39 is 10.8 Å². The van der Waals surface area contributed by atoms with Gasteiger partial charge in [-0.1, -0.05) is 18.2 Å². The molecule has 0 bridgehead atoms. The van der Waals surface area contributed by atoms with Gasteiger partial charge in [0, 0.05) is 22.8 Å². The number of methoxy groups -OCH3 is 1. The average molecular weight is 212 g/mol. The van der Waals surface area contributed by atoms with Gasteiger partial charge in [-0.15, -0.1) is 0 Å². The van der Waals surface area contributed by atoms with Gasteiger partial charge in [0.25, 0.3) is 0 Å². The van der Waals surface area contributed by atoms with E-state index in [1.165, 1.54) is 7.11 Å². The van der Waals surface area contributed by atoms with Crippen LogP contribution in [-0.2, 0) is 21.3 Å². The number of hydrogen-bond acceptors (Lipinski definition) is 3. The predicted octanol–water partition coefficient (Wildman–Crippen LogP) is 1.35. The quantitative estimate of drug-likeness (QED) is 0.710. The molecule has 1 aromatic rings. The van der Waals surface area contributed by atoms with E-state index in [0.717, 1.165) is 5.56 Å². The Morgan fingerprint density at radius 1 is 1.43 bits per heavy atom. The summed E-state index contributed by atoms with van der Waals surface area (Å²) in [5.41, 5.74) is 1.25. The molecule has 0 fully saturated rings. The number of hydrogen-bond donors (Lipinski definition) is 0. The topological polar surface area (TPSA) is 43.4 Å². The molecule has 0 aliphatic carbocycles. The Kier molecular flexibility index (Phi) is 3.83. The molecule has 14 heavy (non-hydrogen) atoms. The second kappa shape index (κ2) is 4.91. The Labute approximate surface area is 85.5 Å². The molecule has 0 amide bonds. The normalized spacial score (nSPS) is 12.1. The number of carbonyl (C=O) groups excluding carboxylic acids is 1. The van der Waals surface area contributed by atoms with Crippen LogP contribution in [0.3, 0.4) is 0 Å². The Morgan fingerprint density at radius 3 is 2.64 bits per heavy atom. The summed E-state index contributed by atoms with van der Waals surface area (Å²) in [6.45, 7) is 0. The zero-order valence-corrected chi connectivity index (χ0v) is 8.97. The lowest BCUT2D eigenvalue weighted by Gasteiger charge is -2.05. The van der Waals surface area contributed by atoms with Crippen LogP contribution in [0, 0.1) is 0 Å². The molecule has 1 atom stereocenters. The van der Waals surface area contributed by atoms with Crippen LogP contribution in [-0.4, -0.2) is 23.5 Å². The van der Waals surface area contributed by atoms with Gasteiger partial charge in [0.05, 0.1) is 12.7 Å². The highest BCUT2D eigenvalue weighted by atomic mass is 32.2. The van der Waals surface area contributed by atoms with Gasteiger partial charge >= 0.3 is 5.97 Å². The third-order valence-electron chi connectivity index (χ3n) is 1.78. The summed E-state index contributed by atoms with van der Waals surface area (Å²) < 4.78 is 15.7. The van der Waals surface area contributed by atoms with Crippen LogP contribution in [0.25, 0.3) is 0 Å². The van der Waals surface area contributed by atoms with Crippen LogP contribution in [0.15, 0.2) is 24.3 Å². The highest BCUT2D eigenvalue weighted by Gasteiger charge is 2.11. The molecule has 0 radical (unpaired) electrons. The minimum atomic E-state index is -0.953. The molecular weight excluding hydrogens is 200 g/mol. The molecule has 0 aliphatic rings. The third-order valence-corrected chi connectivity index (χ3v) is 2.50. The fourth-order valence-electron chi connectivity index (χ4n) is 1.17. The van der Waals surface area contributed by atoms with Gasteiger partial charge in [-0.25, -0.2) is 4.79 Å². The number of benzene rings is 1. The van der Waals surface area contributed by atoms with Crippen LogP contribution < -0.4 is 0 Å². The number of ether oxygens (including phenoxy) is 1. The molecule has 0 saturated heterocycles. The summed E-state index contributed by atoms with van der Waals surface area (Å²) in [6, 6.07) is 7.03. The molecule has 1 aromatic carbocycles. The van der Waals surface area contributed by atoms with Crippen molar-refractivity contribution < 1.29 is 13.7 Å². The van der Waals surface area contributed by atoms with Crippen molar-refractivity contribution in [1.82, 2.24) is 0 Å². The maximum absolute atomic E-state index is 11.3. The average Bonchev–Trinajstić information content (AvgIpc) is 2.16. The molecule has 4 heteroatoms. The van der Waals surface area contributed by atoms with E-state index in [0.29, 0.717) is 11.3 Å². The standard InChI is InChI=1S/C10H12O3S/c1-13-10(11)9-6-4-3-5-8(9)7-14(2)12/h3-6H,7H2,1-2H3. The van der Waals surface area contributed by atoms with Crippen LogP contribution in [0.2, 0.25) is 0 Å². The molecule has 76 valence electrons. The van der Waals surface area contributed by atoms with E-state index in [4.69, 9.17) is 0 Å². The van der Waals surface area contributed by atoms with Crippen molar-refractivity contribution in [2.24, 2.45) is 0 Å². The van der Waals surface area contributed by atoms with Crippen molar-refractivity contribution in [3.05, 3.63) is 35.4 Å². The molecule has 0 aliphatic heterocycles. The van der Waals surface area contributed by atoms with Gasteiger partial charge in [-0.3, -0.25) is 4.21 Å². The Balaban J connectivity index is 3.02. The fraction of sp³-hybridized carbons (Fsp3) is 0.300. The largest absolute Gasteiger partial charge is 0.465 e. The minimum absolute atomic E-state index is 0.380. The molecule has 0 spiro atoms. The smallest absolute Gasteiger partial charge is 0.338 e. The third kappa shape index (κ3) is 2.67. The lowest BCUT2D eigenvalue weighted by Crippen LogP contribution is -2.06. The van der Waals surface area contributed by atoms with Crippen molar-refractivity contribution in [3.8, 4) is 0 Å². The van der Waals surface area contributed by atoms with Gasteiger partial charge in [-0.2, -0.15) is 0 Å². The van der Waals surface area contributed by atoms with Crippen molar-refractivity contribution >= 4 is 16.8 Å². The Hall–Kier alpha value is -1.16. The monoisotopic (exact) mass is 212 g/mol. The molecule has 0 aromatic heterocycles. The van der Waals surface area contributed by atoms with E-state index in [1.807, 2.05) is 6.07 Å². The minimum Gasteiger partial charge on any atom is -0.465 e.